The van der Waals surface area contributed by atoms with Crippen molar-refractivity contribution in [3.63, 3.8) is 0 Å². The number of nitrogens with one attached hydrogen (secondary N) is 1. The maximum Gasteiger partial charge on any atom is 0.278 e. The predicted octanol–water partition coefficient (Wildman–Crippen LogP) is 4.53. The van der Waals surface area contributed by atoms with Gasteiger partial charge in [-0.1, -0.05) is 11.6 Å². The van der Waals surface area contributed by atoms with Crippen LogP contribution in [0.15, 0.2) is 53.3 Å². The Morgan fingerprint density at radius 1 is 1.13 bits per heavy atom. The van der Waals surface area contributed by atoms with E-state index in [0.29, 0.717) is 16.7 Å². The third-order valence-corrected chi connectivity index (χ3v) is 3.32. The number of halogens is 3. The summed E-state index contributed by atoms with van der Waals surface area (Å²) in [6.45, 7) is 0. The first kappa shape index (κ1) is 15.2. The van der Waals surface area contributed by atoms with Crippen LogP contribution in [0.5, 0.6) is 0 Å². The van der Waals surface area contributed by atoms with Gasteiger partial charge in [0.1, 0.15) is 11.6 Å². The summed E-state index contributed by atoms with van der Waals surface area (Å²) < 4.78 is 31.7. The lowest BCUT2D eigenvalue weighted by molar-refractivity contribution is 0.102. The Kier molecular flexibility index (Phi) is 4.08. The number of anilines is 1. The van der Waals surface area contributed by atoms with E-state index in [9.17, 15) is 13.6 Å². The second kappa shape index (κ2) is 6.18. The highest BCUT2D eigenvalue weighted by atomic mass is 35.5. The third-order valence-electron chi connectivity index (χ3n) is 3.07. The van der Waals surface area contributed by atoms with E-state index in [1.165, 1.54) is 0 Å². The SMILES string of the molecule is O=C(Nc1ccc(F)cc1F)c1ncoc1-c1ccc(Cl)cc1. The first-order valence-electron chi connectivity index (χ1n) is 6.50. The van der Waals surface area contributed by atoms with Gasteiger partial charge in [0.25, 0.3) is 5.91 Å². The summed E-state index contributed by atoms with van der Waals surface area (Å²) in [6, 6.07) is 9.46. The molecule has 2 aromatic carbocycles. The maximum absolute atomic E-state index is 13.6. The molecule has 0 spiro atoms. The quantitative estimate of drug-likeness (QED) is 0.766. The number of amides is 1. The van der Waals surface area contributed by atoms with E-state index < -0.39 is 17.5 Å². The maximum atomic E-state index is 13.6. The lowest BCUT2D eigenvalue weighted by Crippen LogP contribution is -2.14. The lowest BCUT2D eigenvalue weighted by atomic mass is 10.1. The van der Waals surface area contributed by atoms with Crippen LogP contribution in [0.2, 0.25) is 5.02 Å². The summed E-state index contributed by atoms with van der Waals surface area (Å²) >= 11 is 5.82. The van der Waals surface area contributed by atoms with Gasteiger partial charge in [-0.25, -0.2) is 13.8 Å². The van der Waals surface area contributed by atoms with E-state index in [0.717, 1.165) is 18.5 Å². The molecular formula is C16H9ClF2N2O2. The van der Waals surface area contributed by atoms with Crippen LogP contribution >= 0.6 is 11.6 Å². The number of hydrogen-bond donors (Lipinski definition) is 1. The minimum Gasteiger partial charge on any atom is -0.443 e. The molecule has 0 aliphatic carbocycles. The van der Waals surface area contributed by atoms with Crippen LogP contribution in [0.4, 0.5) is 14.5 Å². The Hall–Kier alpha value is -2.73. The molecule has 0 radical (unpaired) electrons. The number of rotatable bonds is 3. The zero-order valence-electron chi connectivity index (χ0n) is 11.5. The van der Waals surface area contributed by atoms with Gasteiger partial charge >= 0.3 is 0 Å². The van der Waals surface area contributed by atoms with Crippen molar-refractivity contribution < 1.29 is 18.0 Å². The fourth-order valence-corrected chi connectivity index (χ4v) is 2.11. The molecule has 0 atom stereocenters. The van der Waals surface area contributed by atoms with E-state index in [4.69, 9.17) is 16.0 Å². The zero-order chi connectivity index (χ0) is 16.4. The molecule has 1 heterocycles. The van der Waals surface area contributed by atoms with Crippen molar-refractivity contribution in [2.75, 3.05) is 5.32 Å². The van der Waals surface area contributed by atoms with Crippen LogP contribution < -0.4 is 5.32 Å². The van der Waals surface area contributed by atoms with Crippen LogP contribution in [0.3, 0.4) is 0 Å². The minimum atomic E-state index is -0.880. The van der Waals surface area contributed by atoms with Crippen molar-refractivity contribution >= 4 is 23.2 Å². The minimum absolute atomic E-state index is 0.0175. The van der Waals surface area contributed by atoms with Crippen molar-refractivity contribution in [1.29, 1.82) is 0 Å². The molecular weight excluding hydrogens is 326 g/mol. The molecule has 1 aromatic heterocycles. The highest BCUT2D eigenvalue weighted by molar-refractivity contribution is 6.30. The highest BCUT2D eigenvalue weighted by Crippen LogP contribution is 2.25. The average molecular weight is 335 g/mol. The summed E-state index contributed by atoms with van der Waals surface area (Å²) in [4.78, 5) is 16.1. The van der Waals surface area contributed by atoms with E-state index in [2.05, 4.69) is 10.3 Å². The number of carbonyl (C=O) groups is 1. The molecule has 0 saturated carbocycles. The van der Waals surface area contributed by atoms with Crippen molar-refractivity contribution in [3.8, 4) is 11.3 Å². The molecule has 3 rings (SSSR count). The molecule has 4 nitrogen and oxygen atoms in total. The van der Waals surface area contributed by atoms with Gasteiger partial charge in [0.2, 0.25) is 0 Å². The molecule has 0 unspecified atom stereocenters. The Morgan fingerprint density at radius 3 is 2.57 bits per heavy atom. The van der Waals surface area contributed by atoms with Gasteiger partial charge in [0.15, 0.2) is 17.8 Å². The Bertz CT molecular complexity index is 863. The molecule has 3 aromatic rings. The number of oxazole rings is 1. The summed E-state index contributed by atoms with van der Waals surface area (Å²) in [5.41, 5.74) is 0.425. The Balaban J connectivity index is 1.89. The van der Waals surface area contributed by atoms with Crippen molar-refractivity contribution in [1.82, 2.24) is 4.98 Å². The summed E-state index contributed by atoms with van der Waals surface area (Å²) in [5, 5.41) is 2.87. The standard InChI is InChI=1S/C16H9ClF2N2O2/c17-10-3-1-9(2-4-10)15-14(20-8-23-15)16(22)21-13-6-5-11(18)7-12(13)19/h1-8H,(H,21,22). The number of carbonyl (C=O) groups excluding carboxylic acids is 1. The van der Waals surface area contributed by atoms with E-state index in [-0.39, 0.29) is 17.1 Å². The van der Waals surface area contributed by atoms with Crippen LogP contribution in [0.1, 0.15) is 10.5 Å². The van der Waals surface area contributed by atoms with Crippen LogP contribution in [-0.2, 0) is 0 Å². The van der Waals surface area contributed by atoms with E-state index in [1.807, 2.05) is 0 Å². The topological polar surface area (TPSA) is 55.1 Å². The van der Waals surface area contributed by atoms with Crippen molar-refractivity contribution in [2.45, 2.75) is 0 Å². The van der Waals surface area contributed by atoms with Crippen LogP contribution in [0, 0.1) is 11.6 Å². The van der Waals surface area contributed by atoms with Gasteiger partial charge in [0.05, 0.1) is 5.69 Å². The molecule has 0 saturated heterocycles. The zero-order valence-corrected chi connectivity index (χ0v) is 12.3. The van der Waals surface area contributed by atoms with Crippen molar-refractivity contribution in [2.24, 2.45) is 0 Å². The highest BCUT2D eigenvalue weighted by Gasteiger charge is 2.19. The Labute approximate surface area is 134 Å². The number of nitrogens with zero attached hydrogens (tertiary/aromatic N) is 1. The molecule has 0 bridgehead atoms. The third kappa shape index (κ3) is 3.22. The average Bonchev–Trinajstić information content (AvgIpc) is 3.00. The molecule has 0 aliphatic heterocycles. The normalized spacial score (nSPS) is 10.6. The molecule has 116 valence electrons. The van der Waals surface area contributed by atoms with E-state index in [1.54, 1.807) is 24.3 Å². The molecule has 0 aliphatic rings. The second-order valence-electron chi connectivity index (χ2n) is 4.62. The van der Waals surface area contributed by atoms with Gasteiger partial charge in [-0.2, -0.15) is 0 Å². The molecule has 7 heteroatoms. The van der Waals surface area contributed by atoms with Gasteiger partial charge in [0, 0.05) is 16.7 Å². The smallest absolute Gasteiger partial charge is 0.278 e. The first-order chi connectivity index (χ1) is 11.0. The van der Waals surface area contributed by atoms with Crippen LogP contribution in [-0.4, -0.2) is 10.9 Å². The molecule has 1 N–H and O–H groups in total. The monoisotopic (exact) mass is 334 g/mol. The first-order valence-corrected chi connectivity index (χ1v) is 6.88. The molecule has 0 fully saturated rings. The van der Waals surface area contributed by atoms with Gasteiger partial charge in [-0.05, 0) is 36.4 Å². The molecule has 23 heavy (non-hydrogen) atoms. The summed E-state index contributed by atoms with van der Waals surface area (Å²) in [6.07, 6.45) is 1.11. The summed E-state index contributed by atoms with van der Waals surface area (Å²) in [5.74, 6) is -2.06. The van der Waals surface area contributed by atoms with Gasteiger partial charge in [-0.15, -0.1) is 0 Å². The fraction of sp³-hybridized carbons (Fsp3) is 0. The van der Waals surface area contributed by atoms with Crippen molar-refractivity contribution in [3.05, 3.63) is 71.2 Å². The molecule has 1 amide bonds. The fourth-order valence-electron chi connectivity index (χ4n) is 1.99. The van der Waals surface area contributed by atoms with Gasteiger partial charge in [-0.3, -0.25) is 4.79 Å². The van der Waals surface area contributed by atoms with Gasteiger partial charge < -0.3 is 9.73 Å². The number of benzene rings is 2. The Morgan fingerprint density at radius 2 is 1.87 bits per heavy atom. The van der Waals surface area contributed by atoms with E-state index >= 15 is 0 Å². The lowest BCUT2D eigenvalue weighted by Gasteiger charge is -2.06. The van der Waals surface area contributed by atoms with Crippen LogP contribution in [0.25, 0.3) is 11.3 Å². The number of hydrogen-bond acceptors (Lipinski definition) is 3. The summed E-state index contributed by atoms with van der Waals surface area (Å²) in [7, 11) is 0. The predicted molar refractivity (Wildman–Crippen MR) is 81.3 cm³/mol. The second-order valence-corrected chi connectivity index (χ2v) is 5.05. The number of aromatic nitrogens is 1. The largest absolute Gasteiger partial charge is 0.443 e.